The maximum absolute atomic E-state index is 6.15. The highest BCUT2D eigenvalue weighted by molar-refractivity contribution is 6.32. The van der Waals surface area contributed by atoms with E-state index in [0.717, 1.165) is 12.0 Å². The SMILES string of the molecule is NCCc1cccc(Cl)c1Oc1ccc(Cl)cc1. The highest BCUT2D eigenvalue weighted by Crippen LogP contribution is 2.33. The number of hydrogen-bond acceptors (Lipinski definition) is 2. The summed E-state index contributed by atoms with van der Waals surface area (Å²) in [5.74, 6) is 1.36. The van der Waals surface area contributed by atoms with Gasteiger partial charge in [-0.3, -0.25) is 0 Å². The van der Waals surface area contributed by atoms with Crippen LogP contribution in [0.3, 0.4) is 0 Å². The van der Waals surface area contributed by atoms with Crippen LogP contribution in [-0.2, 0) is 6.42 Å². The van der Waals surface area contributed by atoms with Gasteiger partial charge < -0.3 is 10.5 Å². The zero-order valence-electron chi connectivity index (χ0n) is 9.70. The van der Waals surface area contributed by atoms with Gasteiger partial charge in [0.1, 0.15) is 11.5 Å². The molecule has 0 amide bonds. The van der Waals surface area contributed by atoms with Gasteiger partial charge in [0.2, 0.25) is 0 Å². The Hall–Kier alpha value is -1.22. The normalized spacial score (nSPS) is 10.4. The molecule has 18 heavy (non-hydrogen) atoms. The van der Waals surface area contributed by atoms with Crippen LogP contribution in [0.5, 0.6) is 11.5 Å². The molecule has 4 heteroatoms. The Bertz CT molecular complexity index is 526. The van der Waals surface area contributed by atoms with Crippen molar-refractivity contribution in [3.05, 3.63) is 58.1 Å². The Morgan fingerprint density at radius 1 is 1.00 bits per heavy atom. The summed E-state index contributed by atoms with van der Waals surface area (Å²) in [4.78, 5) is 0. The summed E-state index contributed by atoms with van der Waals surface area (Å²) < 4.78 is 5.80. The minimum absolute atomic E-state index is 0.553. The Morgan fingerprint density at radius 2 is 1.72 bits per heavy atom. The number of nitrogens with two attached hydrogens (primary N) is 1. The summed E-state index contributed by atoms with van der Waals surface area (Å²) in [6, 6.07) is 12.8. The monoisotopic (exact) mass is 281 g/mol. The first-order valence-corrected chi connectivity index (χ1v) is 6.37. The van der Waals surface area contributed by atoms with Crippen molar-refractivity contribution in [2.75, 3.05) is 6.54 Å². The fourth-order valence-electron chi connectivity index (χ4n) is 1.64. The maximum atomic E-state index is 6.15. The third kappa shape index (κ3) is 3.16. The Kier molecular flexibility index (Phi) is 4.48. The molecule has 0 aliphatic heterocycles. The van der Waals surface area contributed by atoms with Gasteiger partial charge in [-0.1, -0.05) is 35.3 Å². The summed E-state index contributed by atoms with van der Waals surface area (Å²) in [6.45, 7) is 0.553. The highest BCUT2D eigenvalue weighted by Gasteiger charge is 2.09. The van der Waals surface area contributed by atoms with Crippen LogP contribution in [0.4, 0.5) is 0 Å². The van der Waals surface area contributed by atoms with Crippen molar-refractivity contribution in [2.24, 2.45) is 5.73 Å². The lowest BCUT2D eigenvalue weighted by Crippen LogP contribution is -2.04. The third-order valence-corrected chi connectivity index (χ3v) is 3.05. The average Bonchev–Trinajstić information content (AvgIpc) is 2.36. The molecule has 0 spiro atoms. The van der Waals surface area contributed by atoms with Gasteiger partial charge >= 0.3 is 0 Å². The van der Waals surface area contributed by atoms with Gasteiger partial charge in [-0.05, 0) is 48.9 Å². The standard InChI is InChI=1S/C14H13Cl2NO/c15-11-4-6-12(7-5-11)18-14-10(8-9-17)2-1-3-13(14)16/h1-7H,8-9,17H2. The molecule has 0 unspecified atom stereocenters. The molecule has 2 aromatic carbocycles. The van der Waals surface area contributed by atoms with Gasteiger partial charge in [0.05, 0.1) is 5.02 Å². The van der Waals surface area contributed by atoms with E-state index in [2.05, 4.69) is 0 Å². The quantitative estimate of drug-likeness (QED) is 0.908. The molecule has 0 heterocycles. The Balaban J connectivity index is 2.30. The predicted octanol–water partition coefficient (Wildman–Crippen LogP) is 4.29. The van der Waals surface area contributed by atoms with Gasteiger partial charge in [-0.2, -0.15) is 0 Å². The summed E-state index contributed by atoms with van der Waals surface area (Å²) in [5.41, 5.74) is 6.58. The fraction of sp³-hybridized carbons (Fsp3) is 0.143. The van der Waals surface area contributed by atoms with Crippen LogP contribution >= 0.6 is 23.2 Å². The van der Waals surface area contributed by atoms with Gasteiger partial charge in [0.25, 0.3) is 0 Å². The number of benzene rings is 2. The zero-order chi connectivity index (χ0) is 13.0. The van der Waals surface area contributed by atoms with Gasteiger partial charge in [-0.25, -0.2) is 0 Å². The van der Waals surface area contributed by atoms with Crippen molar-refractivity contribution in [2.45, 2.75) is 6.42 Å². The number of para-hydroxylation sites is 1. The van der Waals surface area contributed by atoms with E-state index in [1.807, 2.05) is 12.1 Å². The topological polar surface area (TPSA) is 35.2 Å². The van der Waals surface area contributed by atoms with Crippen LogP contribution in [0.2, 0.25) is 10.0 Å². The van der Waals surface area contributed by atoms with E-state index < -0.39 is 0 Å². The summed E-state index contributed by atoms with van der Waals surface area (Å²) in [7, 11) is 0. The van der Waals surface area contributed by atoms with Crippen molar-refractivity contribution in [1.82, 2.24) is 0 Å². The lowest BCUT2D eigenvalue weighted by molar-refractivity contribution is 0.476. The smallest absolute Gasteiger partial charge is 0.149 e. The van der Waals surface area contributed by atoms with Crippen LogP contribution < -0.4 is 10.5 Å². The largest absolute Gasteiger partial charge is 0.456 e. The predicted molar refractivity (Wildman–Crippen MR) is 75.7 cm³/mol. The van der Waals surface area contributed by atoms with Gasteiger partial charge in [-0.15, -0.1) is 0 Å². The van der Waals surface area contributed by atoms with Gasteiger partial charge in [0.15, 0.2) is 0 Å². The molecule has 0 aliphatic carbocycles. The van der Waals surface area contributed by atoms with Crippen molar-refractivity contribution in [1.29, 1.82) is 0 Å². The minimum atomic E-state index is 0.553. The third-order valence-electron chi connectivity index (χ3n) is 2.50. The molecule has 2 rings (SSSR count). The van der Waals surface area contributed by atoms with Crippen LogP contribution in [0.1, 0.15) is 5.56 Å². The molecule has 0 radical (unpaired) electrons. The summed E-state index contributed by atoms with van der Waals surface area (Å²) in [6.07, 6.45) is 0.726. The lowest BCUT2D eigenvalue weighted by Gasteiger charge is -2.12. The van der Waals surface area contributed by atoms with E-state index in [-0.39, 0.29) is 0 Å². The molecule has 0 bridgehead atoms. The van der Waals surface area contributed by atoms with Crippen molar-refractivity contribution in [3.8, 4) is 11.5 Å². The van der Waals surface area contributed by atoms with Crippen molar-refractivity contribution >= 4 is 23.2 Å². The van der Waals surface area contributed by atoms with Crippen LogP contribution in [0, 0.1) is 0 Å². The fourth-order valence-corrected chi connectivity index (χ4v) is 2.00. The van der Waals surface area contributed by atoms with E-state index in [1.54, 1.807) is 30.3 Å². The molecule has 0 fully saturated rings. The number of ether oxygens (including phenoxy) is 1. The van der Waals surface area contributed by atoms with E-state index in [4.69, 9.17) is 33.7 Å². The summed E-state index contributed by atoms with van der Waals surface area (Å²) >= 11 is 12.0. The zero-order valence-corrected chi connectivity index (χ0v) is 11.2. The lowest BCUT2D eigenvalue weighted by atomic mass is 10.1. The molecule has 2 aromatic rings. The van der Waals surface area contributed by atoms with E-state index in [9.17, 15) is 0 Å². The first kappa shape index (κ1) is 13.2. The molecule has 0 aliphatic rings. The van der Waals surface area contributed by atoms with Crippen LogP contribution in [0.25, 0.3) is 0 Å². The Morgan fingerprint density at radius 3 is 2.39 bits per heavy atom. The van der Waals surface area contributed by atoms with E-state index >= 15 is 0 Å². The second kappa shape index (κ2) is 6.10. The molecule has 0 atom stereocenters. The number of hydrogen-bond donors (Lipinski definition) is 1. The van der Waals surface area contributed by atoms with Gasteiger partial charge in [0, 0.05) is 5.02 Å². The van der Waals surface area contributed by atoms with Crippen molar-refractivity contribution < 1.29 is 4.74 Å². The molecule has 94 valence electrons. The van der Waals surface area contributed by atoms with E-state index in [0.29, 0.717) is 28.1 Å². The molecule has 0 saturated carbocycles. The average molecular weight is 282 g/mol. The maximum Gasteiger partial charge on any atom is 0.149 e. The second-order valence-electron chi connectivity index (χ2n) is 3.82. The van der Waals surface area contributed by atoms with Crippen molar-refractivity contribution in [3.63, 3.8) is 0 Å². The molecule has 2 N–H and O–H groups in total. The molecule has 0 aromatic heterocycles. The summed E-state index contributed by atoms with van der Waals surface area (Å²) in [5, 5.41) is 1.25. The Labute approximate surface area is 116 Å². The molecular formula is C14H13Cl2NO. The highest BCUT2D eigenvalue weighted by atomic mass is 35.5. The minimum Gasteiger partial charge on any atom is -0.456 e. The van der Waals surface area contributed by atoms with Crippen LogP contribution in [-0.4, -0.2) is 6.54 Å². The molecular weight excluding hydrogens is 269 g/mol. The first-order valence-electron chi connectivity index (χ1n) is 5.61. The molecule has 2 nitrogen and oxygen atoms in total. The number of rotatable bonds is 4. The van der Waals surface area contributed by atoms with Crippen LogP contribution in [0.15, 0.2) is 42.5 Å². The first-order chi connectivity index (χ1) is 8.70. The van der Waals surface area contributed by atoms with E-state index in [1.165, 1.54) is 0 Å². The number of halogens is 2. The molecule has 0 saturated heterocycles. The second-order valence-corrected chi connectivity index (χ2v) is 4.67.